The normalized spacial score (nSPS) is 25.1. The van der Waals surface area contributed by atoms with Crippen LogP contribution < -0.4 is 19.9 Å². The molecular weight excluding hydrogens is 338 g/mol. The summed E-state index contributed by atoms with van der Waals surface area (Å²) < 4.78 is 5.78. The Hall–Kier alpha value is -1.75. The Labute approximate surface area is 164 Å². The second-order valence-electron chi connectivity index (χ2n) is 8.14. The number of hydrogen-bond acceptors (Lipinski definition) is 3. The minimum Gasteiger partial charge on any atom is -0.492 e. The van der Waals surface area contributed by atoms with Gasteiger partial charge < -0.3 is 19.9 Å². The highest BCUT2D eigenvalue weighted by Crippen LogP contribution is 2.28. The molecule has 1 saturated heterocycles. The lowest BCUT2D eigenvalue weighted by Gasteiger charge is -2.37. The van der Waals surface area contributed by atoms with Crippen molar-refractivity contribution in [2.45, 2.75) is 58.5 Å². The Morgan fingerprint density at radius 3 is 2.67 bits per heavy atom. The zero-order valence-corrected chi connectivity index (χ0v) is 17.2. The zero-order valence-electron chi connectivity index (χ0n) is 17.2. The quantitative estimate of drug-likeness (QED) is 0.799. The minimum absolute atomic E-state index is 0.0170. The third kappa shape index (κ3) is 4.95. The molecular formula is C22H36N3O2+. The molecule has 1 aromatic carbocycles. The van der Waals surface area contributed by atoms with Gasteiger partial charge in [0.05, 0.1) is 38.5 Å². The average Bonchev–Trinajstić information content (AvgIpc) is 2.70. The molecule has 1 aliphatic carbocycles. The van der Waals surface area contributed by atoms with Crippen molar-refractivity contribution in [2.24, 2.45) is 5.92 Å². The summed E-state index contributed by atoms with van der Waals surface area (Å²) >= 11 is 0. The molecule has 0 spiro atoms. The van der Waals surface area contributed by atoms with Gasteiger partial charge in [-0.15, -0.1) is 0 Å². The molecule has 1 amide bonds. The van der Waals surface area contributed by atoms with Crippen LogP contribution in [0.4, 0.5) is 5.69 Å². The number of nitrogens with one attached hydrogen (secondary N) is 2. The van der Waals surface area contributed by atoms with Crippen LogP contribution in [0.2, 0.25) is 0 Å². The molecule has 5 nitrogen and oxygen atoms in total. The van der Waals surface area contributed by atoms with Gasteiger partial charge in [-0.3, -0.25) is 4.79 Å². The van der Waals surface area contributed by atoms with Crippen molar-refractivity contribution in [2.75, 3.05) is 37.7 Å². The number of amides is 1. The molecule has 0 unspecified atom stereocenters. The zero-order chi connectivity index (χ0) is 19.2. The van der Waals surface area contributed by atoms with Gasteiger partial charge in [0, 0.05) is 6.04 Å². The number of para-hydroxylation sites is 2. The van der Waals surface area contributed by atoms with Crippen LogP contribution in [0, 0.1) is 5.92 Å². The largest absolute Gasteiger partial charge is 0.492 e. The van der Waals surface area contributed by atoms with Gasteiger partial charge in [-0.05, 0) is 44.7 Å². The smallest absolute Gasteiger partial charge is 0.278 e. The summed E-state index contributed by atoms with van der Waals surface area (Å²) in [6.07, 6.45) is 4.93. The summed E-state index contributed by atoms with van der Waals surface area (Å²) in [5.74, 6) is 1.80. The first-order chi connectivity index (χ1) is 13.1. The molecule has 0 aromatic heterocycles. The molecule has 2 aliphatic rings. The Kier molecular flexibility index (Phi) is 7.00. The monoisotopic (exact) mass is 374 g/mol. The molecule has 2 N–H and O–H groups in total. The number of carbonyl (C=O) groups excluding carboxylic acids is 1. The number of carbonyl (C=O) groups is 1. The van der Waals surface area contributed by atoms with E-state index in [9.17, 15) is 4.79 Å². The highest BCUT2D eigenvalue weighted by molar-refractivity contribution is 5.80. The van der Waals surface area contributed by atoms with Crippen LogP contribution in [-0.2, 0) is 4.79 Å². The highest BCUT2D eigenvalue weighted by atomic mass is 16.5. The third-order valence-corrected chi connectivity index (χ3v) is 6.36. The Balaban J connectivity index is 1.53. The van der Waals surface area contributed by atoms with E-state index in [1.165, 1.54) is 29.8 Å². The predicted octanol–water partition coefficient (Wildman–Crippen LogP) is 1.87. The lowest BCUT2D eigenvalue weighted by Crippen LogP contribution is -3.19. The molecule has 1 aliphatic heterocycles. The maximum absolute atomic E-state index is 12.8. The van der Waals surface area contributed by atoms with Crippen molar-refractivity contribution in [3.05, 3.63) is 24.3 Å². The van der Waals surface area contributed by atoms with Crippen LogP contribution >= 0.6 is 0 Å². The first-order valence-electron chi connectivity index (χ1n) is 10.7. The third-order valence-electron chi connectivity index (χ3n) is 6.36. The SMILES string of the molecule is CCOc1ccccc1N1CC[NH+]([C@@H](C)C(=O)N[C@@H]2CCCC[C@@H]2C)CC1. The van der Waals surface area contributed by atoms with E-state index in [0.717, 1.165) is 38.3 Å². The molecule has 1 aromatic rings. The van der Waals surface area contributed by atoms with Gasteiger partial charge in [0.1, 0.15) is 5.75 Å². The minimum atomic E-state index is 0.0170. The van der Waals surface area contributed by atoms with E-state index in [4.69, 9.17) is 4.74 Å². The summed E-state index contributed by atoms with van der Waals surface area (Å²) in [5, 5.41) is 3.34. The van der Waals surface area contributed by atoms with Crippen molar-refractivity contribution < 1.29 is 14.4 Å². The van der Waals surface area contributed by atoms with E-state index < -0.39 is 0 Å². The molecule has 5 heteroatoms. The summed E-state index contributed by atoms with van der Waals surface area (Å²) in [5.41, 5.74) is 1.17. The van der Waals surface area contributed by atoms with Gasteiger partial charge in [-0.25, -0.2) is 0 Å². The fraction of sp³-hybridized carbons (Fsp3) is 0.682. The van der Waals surface area contributed by atoms with E-state index in [0.29, 0.717) is 18.6 Å². The van der Waals surface area contributed by atoms with Gasteiger partial charge in [0.2, 0.25) is 0 Å². The van der Waals surface area contributed by atoms with Crippen molar-refractivity contribution in [3.8, 4) is 5.75 Å². The van der Waals surface area contributed by atoms with E-state index >= 15 is 0 Å². The van der Waals surface area contributed by atoms with Crippen molar-refractivity contribution in [3.63, 3.8) is 0 Å². The number of rotatable bonds is 6. The fourth-order valence-electron chi connectivity index (χ4n) is 4.49. The molecule has 150 valence electrons. The fourth-order valence-corrected chi connectivity index (χ4v) is 4.49. The average molecular weight is 375 g/mol. The standard InChI is InChI=1S/C22H35N3O2/c1-4-27-21-12-8-7-11-20(21)25-15-13-24(14-16-25)18(3)22(26)23-19-10-6-5-9-17(19)2/h7-8,11-12,17-19H,4-6,9-10,13-16H2,1-3H3,(H,23,26)/p+1/t17-,18-,19+/m0/s1. The predicted molar refractivity (Wildman–Crippen MR) is 110 cm³/mol. The summed E-state index contributed by atoms with van der Waals surface area (Å²) in [6.45, 7) is 10.9. The van der Waals surface area contributed by atoms with Crippen LogP contribution in [0.3, 0.4) is 0 Å². The van der Waals surface area contributed by atoms with Crippen molar-refractivity contribution in [1.29, 1.82) is 0 Å². The van der Waals surface area contributed by atoms with Crippen LogP contribution in [0.25, 0.3) is 0 Å². The number of nitrogens with zero attached hydrogens (tertiary/aromatic N) is 1. The van der Waals surface area contributed by atoms with Crippen LogP contribution in [0.5, 0.6) is 5.75 Å². The van der Waals surface area contributed by atoms with Gasteiger partial charge in [0.25, 0.3) is 5.91 Å². The first-order valence-corrected chi connectivity index (χ1v) is 10.7. The number of hydrogen-bond donors (Lipinski definition) is 2. The van der Waals surface area contributed by atoms with Crippen LogP contribution in [0.1, 0.15) is 46.5 Å². The number of quaternary nitrogens is 1. The molecule has 0 radical (unpaired) electrons. The van der Waals surface area contributed by atoms with Crippen molar-refractivity contribution >= 4 is 11.6 Å². The first kappa shape index (κ1) is 20.0. The number of benzene rings is 1. The molecule has 1 heterocycles. The summed E-state index contributed by atoms with van der Waals surface area (Å²) in [7, 11) is 0. The number of piperazine rings is 1. The van der Waals surface area contributed by atoms with E-state index in [-0.39, 0.29) is 11.9 Å². The highest BCUT2D eigenvalue weighted by Gasteiger charge is 2.32. The van der Waals surface area contributed by atoms with Crippen LogP contribution in [0.15, 0.2) is 24.3 Å². The van der Waals surface area contributed by atoms with Gasteiger partial charge in [0.15, 0.2) is 6.04 Å². The molecule has 0 bridgehead atoms. The lowest BCUT2D eigenvalue weighted by atomic mass is 9.86. The maximum atomic E-state index is 12.8. The second kappa shape index (κ2) is 9.45. The summed E-state index contributed by atoms with van der Waals surface area (Å²) in [6, 6.07) is 8.65. The molecule has 2 fully saturated rings. The van der Waals surface area contributed by atoms with E-state index in [1.54, 1.807) is 0 Å². The van der Waals surface area contributed by atoms with Gasteiger partial charge in [-0.2, -0.15) is 0 Å². The van der Waals surface area contributed by atoms with Gasteiger partial charge in [-0.1, -0.05) is 31.9 Å². The molecule has 1 saturated carbocycles. The Bertz CT molecular complexity index is 613. The van der Waals surface area contributed by atoms with Gasteiger partial charge >= 0.3 is 0 Å². The number of anilines is 1. The summed E-state index contributed by atoms with van der Waals surface area (Å²) in [4.78, 5) is 16.6. The Morgan fingerprint density at radius 2 is 1.96 bits per heavy atom. The van der Waals surface area contributed by atoms with Crippen molar-refractivity contribution in [1.82, 2.24) is 5.32 Å². The van der Waals surface area contributed by atoms with Crippen LogP contribution in [-0.4, -0.2) is 50.8 Å². The molecule has 3 rings (SSSR count). The maximum Gasteiger partial charge on any atom is 0.278 e. The number of ether oxygens (including phenoxy) is 1. The Morgan fingerprint density at radius 1 is 1.26 bits per heavy atom. The second-order valence-corrected chi connectivity index (χ2v) is 8.14. The topological polar surface area (TPSA) is 46.0 Å². The molecule has 27 heavy (non-hydrogen) atoms. The van der Waals surface area contributed by atoms with E-state index in [2.05, 4.69) is 36.2 Å². The van der Waals surface area contributed by atoms with E-state index in [1.807, 2.05) is 19.1 Å². The lowest BCUT2D eigenvalue weighted by molar-refractivity contribution is -0.914. The molecule has 3 atom stereocenters.